The zero-order valence-corrected chi connectivity index (χ0v) is 18.7. The number of nitrogens with two attached hydrogens (primary N) is 1. The third kappa shape index (κ3) is 4.42. The molecule has 4 aromatic rings. The van der Waals surface area contributed by atoms with Crippen LogP contribution in [0.5, 0.6) is 0 Å². The van der Waals surface area contributed by atoms with Crippen LogP contribution in [-0.2, 0) is 0 Å². The monoisotopic (exact) mass is 501 g/mol. The van der Waals surface area contributed by atoms with Gasteiger partial charge in [-0.15, -0.1) is 5.10 Å². The van der Waals surface area contributed by atoms with Crippen LogP contribution in [0.2, 0.25) is 10.0 Å². The SMILES string of the molecule is C/C(=N\NC(=O)c1nnn(-c2nonc2N)c1-c1ccc([N+](=O)[O-])cc1)c1ccc(Cl)c(Cl)c1. The Kier molecular flexibility index (Phi) is 6.21. The van der Waals surface area contributed by atoms with E-state index in [0.717, 1.165) is 4.68 Å². The van der Waals surface area contributed by atoms with Gasteiger partial charge in [-0.25, -0.2) is 10.1 Å². The predicted octanol–water partition coefficient (Wildman–Crippen LogP) is 3.27. The number of non-ortho nitro benzene ring substituents is 1. The fraction of sp³-hybridized carbons (Fsp3) is 0.0526. The van der Waals surface area contributed by atoms with Crippen LogP contribution >= 0.6 is 23.2 Å². The van der Waals surface area contributed by atoms with Crippen LogP contribution in [0.15, 0.2) is 52.2 Å². The molecule has 2 aromatic carbocycles. The van der Waals surface area contributed by atoms with E-state index in [4.69, 9.17) is 28.9 Å². The van der Waals surface area contributed by atoms with Crippen LogP contribution in [0.4, 0.5) is 11.5 Å². The van der Waals surface area contributed by atoms with E-state index < -0.39 is 10.8 Å². The normalized spacial score (nSPS) is 11.4. The van der Waals surface area contributed by atoms with Crippen molar-refractivity contribution in [2.75, 3.05) is 5.73 Å². The molecule has 0 saturated heterocycles. The van der Waals surface area contributed by atoms with Gasteiger partial charge in [0, 0.05) is 17.7 Å². The maximum atomic E-state index is 13.0. The molecule has 0 unspecified atom stereocenters. The molecule has 0 saturated carbocycles. The Labute approximate surface area is 200 Å². The van der Waals surface area contributed by atoms with Crippen molar-refractivity contribution in [1.29, 1.82) is 0 Å². The lowest BCUT2D eigenvalue weighted by atomic mass is 10.1. The van der Waals surface area contributed by atoms with Gasteiger partial charge in [-0.2, -0.15) is 9.78 Å². The number of hydrazone groups is 1. The van der Waals surface area contributed by atoms with Crippen molar-refractivity contribution in [3.63, 3.8) is 0 Å². The van der Waals surface area contributed by atoms with Crippen LogP contribution in [0.3, 0.4) is 0 Å². The molecule has 0 aliphatic rings. The third-order valence-corrected chi connectivity index (χ3v) is 5.33. The van der Waals surface area contributed by atoms with Crippen molar-refractivity contribution in [2.45, 2.75) is 6.92 Å². The van der Waals surface area contributed by atoms with E-state index in [1.807, 2.05) is 0 Å². The maximum absolute atomic E-state index is 13.0. The van der Waals surface area contributed by atoms with Gasteiger partial charge in [-0.3, -0.25) is 14.9 Å². The number of hydrogen-bond donors (Lipinski definition) is 2. The number of nitrogens with one attached hydrogen (secondary N) is 1. The number of nitrogen functional groups attached to an aromatic ring is 1. The Morgan fingerprint density at radius 3 is 2.53 bits per heavy atom. The highest BCUT2D eigenvalue weighted by atomic mass is 35.5. The molecule has 0 aliphatic heterocycles. The highest BCUT2D eigenvalue weighted by Gasteiger charge is 2.25. The first-order chi connectivity index (χ1) is 16.3. The molecule has 172 valence electrons. The summed E-state index contributed by atoms with van der Waals surface area (Å²) in [4.78, 5) is 23.4. The quantitative estimate of drug-likeness (QED) is 0.227. The Hall–Kier alpha value is -4.36. The number of nitrogens with zero attached hydrogens (tertiary/aromatic N) is 7. The number of rotatable bonds is 6. The van der Waals surface area contributed by atoms with Crippen LogP contribution in [-0.4, -0.2) is 41.8 Å². The average Bonchev–Trinajstić information content (AvgIpc) is 3.45. The molecule has 13 nitrogen and oxygen atoms in total. The minimum absolute atomic E-state index is 0.0182. The Bertz CT molecular complexity index is 1430. The molecule has 0 spiro atoms. The summed E-state index contributed by atoms with van der Waals surface area (Å²) in [6.45, 7) is 1.66. The van der Waals surface area contributed by atoms with Crippen LogP contribution in [0.25, 0.3) is 17.1 Å². The van der Waals surface area contributed by atoms with E-state index in [0.29, 0.717) is 26.9 Å². The van der Waals surface area contributed by atoms with E-state index >= 15 is 0 Å². The van der Waals surface area contributed by atoms with Crippen LogP contribution in [0.1, 0.15) is 23.0 Å². The van der Waals surface area contributed by atoms with Crippen molar-refractivity contribution in [3.05, 3.63) is 73.9 Å². The van der Waals surface area contributed by atoms with Gasteiger partial charge in [0.2, 0.25) is 11.6 Å². The molecule has 4 rings (SSSR count). The molecule has 2 heterocycles. The van der Waals surface area contributed by atoms with Crippen molar-refractivity contribution in [1.82, 2.24) is 30.7 Å². The van der Waals surface area contributed by atoms with E-state index in [9.17, 15) is 14.9 Å². The fourth-order valence-corrected chi connectivity index (χ4v) is 3.19. The highest BCUT2D eigenvalue weighted by molar-refractivity contribution is 6.42. The van der Waals surface area contributed by atoms with Crippen molar-refractivity contribution in [3.8, 4) is 17.1 Å². The first-order valence-corrected chi connectivity index (χ1v) is 10.1. The van der Waals surface area contributed by atoms with Gasteiger partial charge in [-0.05, 0) is 47.1 Å². The summed E-state index contributed by atoms with van der Waals surface area (Å²) in [6, 6.07) is 10.3. The largest absolute Gasteiger partial charge is 0.378 e. The number of carbonyl (C=O) groups excluding carboxylic acids is 1. The summed E-state index contributed by atoms with van der Waals surface area (Å²) in [5.41, 5.74) is 9.46. The minimum Gasteiger partial charge on any atom is -0.378 e. The fourth-order valence-electron chi connectivity index (χ4n) is 2.89. The third-order valence-electron chi connectivity index (χ3n) is 4.60. The topological polar surface area (TPSA) is 180 Å². The van der Waals surface area contributed by atoms with Crippen molar-refractivity contribution >= 4 is 46.3 Å². The molecular weight excluding hydrogens is 489 g/mol. The van der Waals surface area contributed by atoms with Crippen LogP contribution < -0.4 is 11.2 Å². The molecule has 0 bridgehead atoms. The maximum Gasteiger partial charge on any atom is 0.294 e. The molecule has 0 fully saturated rings. The zero-order valence-electron chi connectivity index (χ0n) is 17.1. The zero-order chi connectivity index (χ0) is 24.4. The molecule has 3 N–H and O–H groups in total. The lowest BCUT2D eigenvalue weighted by Crippen LogP contribution is -2.21. The van der Waals surface area contributed by atoms with Gasteiger partial charge in [0.25, 0.3) is 11.6 Å². The Morgan fingerprint density at radius 2 is 1.91 bits per heavy atom. The lowest BCUT2D eigenvalue weighted by Gasteiger charge is -2.06. The van der Waals surface area contributed by atoms with Gasteiger partial charge in [0.1, 0.15) is 5.69 Å². The second kappa shape index (κ2) is 9.25. The molecule has 2 aromatic heterocycles. The van der Waals surface area contributed by atoms with Gasteiger partial charge in [-0.1, -0.05) is 34.5 Å². The minimum atomic E-state index is -0.714. The van der Waals surface area contributed by atoms with Gasteiger partial charge < -0.3 is 5.73 Å². The number of carbonyl (C=O) groups is 1. The Balaban J connectivity index is 1.71. The number of nitro groups is 1. The molecule has 1 amide bonds. The number of hydrogen-bond acceptors (Lipinski definition) is 10. The Morgan fingerprint density at radius 1 is 1.18 bits per heavy atom. The van der Waals surface area contributed by atoms with E-state index in [-0.39, 0.29) is 28.7 Å². The standard InChI is InChI=1S/C19H13Cl2N9O4/c1-9(11-4-7-13(20)14(21)8-11)23-25-19(31)15-16(10-2-5-12(6-3-10)30(32)33)29(28-24-15)18-17(22)26-34-27-18/h2-8H,1H3,(H2,22,26)(H,25,31)/b23-9+. The second-order valence-corrected chi connectivity index (χ2v) is 7.56. The molecule has 0 atom stereocenters. The molecule has 0 radical (unpaired) electrons. The van der Waals surface area contributed by atoms with E-state index in [1.54, 1.807) is 25.1 Å². The number of anilines is 1. The first kappa shape index (κ1) is 22.8. The summed E-state index contributed by atoms with van der Waals surface area (Å²) in [5.74, 6) is -0.835. The number of nitro benzene ring substituents is 1. The summed E-state index contributed by atoms with van der Waals surface area (Å²) in [7, 11) is 0. The van der Waals surface area contributed by atoms with Gasteiger partial charge in [0.15, 0.2) is 5.69 Å². The molecule has 34 heavy (non-hydrogen) atoms. The van der Waals surface area contributed by atoms with Crippen molar-refractivity contribution < 1.29 is 14.3 Å². The van der Waals surface area contributed by atoms with Gasteiger partial charge >= 0.3 is 0 Å². The highest BCUT2D eigenvalue weighted by Crippen LogP contribution is 2.28. The van der Waals surface area contributed by atoms with Gasteiger partial charge in [0.05, 0.1) is 20.7 Å². The smallest absolute Gasteiger partial charge is 0.294 e. The van der Waals surface area contributed by atoms with E-state index in [1.165, 1.54) is 24.3 Å². The number of aromatic nitrogens is 5. The summed E-state index contributed by atoms with van der Waals surface area (Å²) < 4.78 is 5.75. The summed E-state index contributed by atoms with van der Waals surface area (Å²) in [6.07, 6.45) is 0. The van der Waals surface area contributed by atoms with E-state index in [2.05, 4.69) is 35.8 Å². The number of benzene rings is 2. The molecule has 0 aliphatic carbocycles. The molecular formula is C19H13Cl2N9O4. The van der Waals surface area contributed by atoms with Crippen LogP contribution in [0, 0.1) is 10.1 Å². The average molecular weight is 502 g/mol. The number of amides is 1. The van der Waals surface area contributed by atoms with Crippen molar-refractivity contribution in [2.24, 2.45) is 5.10 Å². The lowest BCUT2D eigenvalue weighted by molar-refractivity contribution is -0.384. The summed E-state index contributed by atoms with van der Waals surface area (Å²) >= 11 is 12.0. The first-order valence-electron chi connectivity index (χ1n) is 9.35. The molecule has 15 heteroatoms. The second-order valence-electron chi connectivity index (χ2n) is 6.74. The summed E-state index contributed by atoms with van der Waals surface area (Å²) in [5, 5.41) is 30.8. The number of halogens is 2. The predicted molar refractivity (Wildman–Crippen MR) is 122 cm³/mol.